The van der Waals surface area contributed by atoms with Gasteiger partial charge in [0.05, 0.1) is 10.6 Å². The number of carbonyl (C=O) groups is 2. The number of halogens is 4. The highest BCUT2D eigenvalue weighted by Gasteiger charge is 2.56. The third-order valence-electron chi connectivity index (χ3n) is 9.66. The monoisotopic (exact) mass is 523 g/mol. The second-order valence-electron chi connectivity index (χ2n) is 11.5. The summed E-state index contributed by atoms with van der Waals surface area (Å²) in [4.78, 5) is 27.1. The summed E-state index contributed by atoms with van der Waals surface area (Å²) >= 11 is 5.71. The Morgan fingerprint density at radius 1 is 1.17 bits per heavy atom. The summed E-state index contributed by atoms with van der Waals surface area (Å²) in [5.74, 6) is 1.08. The molecule has 5 nitrogen and oxygen atoms in total. The third kappa shape index (κ3) is 4.29. The summed E-state index contributed by atoms with van der Waals surface area (Å²) in [5.41, 5.74) is -0.943. The highest BCUT2D eigenvalue weighted by molar-refractivity contribution is 6.31. The summed E-state index contributed by atoms with van der Waals surface area (Å²) in [7, 11) is 1.92. The lowest BCUT2D eigenvalue weighted by Crippen LogP contribution is -2.56. The molecular formula is C27H33ClF3N3O2. The fourth-order valence-corrected chi connectivity index (χ4v) is 8.15. The predicted molar refractivity (Wildman–Crippen MR) is 133 cm³/mol. The first-order valence-electron chi connectivity index (χ1n) is 12.8. The number of benzene rings is 1. The first-order valence-corrected chi connectivity index (χ1v) is 13.2. The molecule has 3 amide bonds. The van der Waals surface area contributed by atoms with Crippen molar-refractivity contribution in [3.63, 3.8) is 0 Å². The number of fused-ring (bicyclic) bond motifs is 3. The summed E-state index contributed by atoms with van der Waals surface area (Å²) in [6.07, 6.45) is 7.36. The number of anilines is 1. The van der Waals surface area contributed by atoms with Crippen LogP contribution in [0.4, 0.5) is 23.7 Å². The van der Waals surface area contributed by atoms with Crippen LogP contribution in [0.3, 0.4) is 0 Å². The van der Waals surface area contributed by atoms with Crippen molar-refractivity contribution in [3.8, 4) is 0 Å². The maximum absolute atomic E-state index is 13.2. The molecule has 2 N–H and O–H groups in total. The molecule has 1 aliphatic heterocycles. The Labute approximate surface area is 214 Å². The van der Waals surface area contributed by atoms with Crippen LogP contribution in [0.2, 0.25) is 5.02 Å². The number of nitrogens with one attached hydrogen (secondary N) is 2. The normalized spacial score (nSPS) is 35.9. The Balaban J connectivity index is 1.30. The molecule has 5 rings (SSSR count). The highest BCUT2D eigenvalue weighted by Crippen LogP contribution is 2.60. The fraction of sp³-hybridized carbons (Fsp3) is 0.630. The van der Waals surface area contributed by atoms with Gasteiger partial charge in [-0.3, -0.25) is 4.79 Å². The molecule has 196 valence electrons. The van der Waals surface area contributed by atoms with Gasteiger partial charge in [-0.25, -0.2) is 4.79 Å². The number of rotatable bonds is 2. The van der Waals surface area contributed by atoms with Crippen LogP contribution in [0.15, 0.2) is 30.4 Å². The topological polar surface area (TPSA) is 61.4 Å². The maximum atomic E-state index is 13.2. The van der Waals surface area contributed by atoms with Gasteiger partial charge in [0.1, 0.15) is 0 Å². The largest absolute Gasteiger partial charge is 0.417 e. The molecule has 1 spiro atoms. The van der Waals surface area contributed by atoms with Gasteiger partial charge < -0.3 is 15.5 Å². The zero-order valence-electron chi connectivity index (χ0n) is 20.6. The van der Waals surface area contributed by atoms with Crippen molar-refractivity contribution in [3.05, 3.63) is 40.9 Å². The van der Waals surface area contributed by atoms with E-state index in [1.807, 2.05) is 11.9 Å². The van der Waals surface area contributed by atoms with E-state index < -0.39 is 22.8 Å². The van der Waals surface area contributed by atoms with Crippen LogP contribution < -0.4 is 10.6 Å². The zero-order chi connectivity index (χ0) is 25.9. The van der Waals surface area contributed by atoms with Gasteiger partial charge in [-0.2, -0.15) is 13.2 Å². The molecule has 36 heavy (non-hydrogen) atoms. The number of likely N-dealkylation sites (N-methyl/N-ethyl adjacent to an activating group) is 1. The molecule has 1 aromatic carbocycles. The van der Waals surface area contributed by atoms with Crippen LogP contribution in [-0.4, -0.2) is 36.0 Å². The molecule has 0 aromatic heterocycles. The average Bonchev–Trinajstić information content (AvgIpc) is 3.11. The van der Waals surface area contributed by atoms with Gasteiger partial charge in [-0.05, 0) is 86.5 Å². The Morgan fingerprint density at radius 2 is 1.94 bits per heavy atom. The van der Waals surface area contributed by atoms with E-state index in [-0.39, 0.29) is 34.5 Å². The zero-order valence-corrected chi connectivity index (χ0v) is 21.4. The van der Waals surface area contributed by atoms with Gasteiger partial charge in [0.15, 0.2) is 0 Å². The van der Waals surface area contributed by atoms with Crippen LogP contribution in [0.5, 0.6) is 0 Å². The van der Waals surface area contributed by atoms with Crippen LogP contribution in [0, 0.1) is 22.7 Å². The van der Waals surface area contributed by atoms with E-state index in [2.05, 4.69) is 23.6 Å². The lowest BCUT2D eigenvalue weighted by molar-refractivity contribution is -0.137. The lowest BCUT2D eigenvalue weighted by Gasteiger charge is -2.55. The number of nitrogens with zero attached hydrogens (tertiary/aromatic N) is 1. The fourth-order valence-electron chi connectivity index (χ4n) is 7.93. The molecule has 0 saturated heterocycles. The second-order valence-corrected chi connectivity index (χ2v) is 11.9. The molecule has 3 saturated carbocycles. The highest BCUT2D eigenvalue weighted by atomic mass is 35.5. The number of carbonyl (C=O) groups excluding carboxylic acids is 2. The summed E-state index contributed by atoms with van der Waals surface area (Å²) in [5, 5.41) is 5.28. The molecular weight excluding hydrogens is 491 g/mol. The van der Waals surface area contributed by atoms with E-state index in [0.29, 0.717) is 11.8 Å². The Morgan fingerprint density at radius 3 is 2.69 bits per heavy atom. The summed E-state index contributed by atoms with van der Waals surface area (Å²) in [6, 6.07) is 3.12. The lowest BCUT2D eigenvalue weighted by atomic mass is 9.54. The van der Waals surface area contributed by atoms with Gasteiger partial charge in [0.2, 0.25) is 5.91 Å². The van der Waals surface area contributed by atoms with Crippen molar-refractivity contribution >= 4 is 29.2 Å². The van der Waals surface area contributed by atoms with E-state index in [0.717, 1.165) is 63.5 Å². The number of hydrogen-bond acceptors (Lipinski definition) is 2. The SMILES string of the molecule is CN1C(=O)C=C[C@@]23CCC[C@@]4(C)C(CC[C@@H]4NC(=O)Nc4ccc(Cl)c(C(F)(F)F)c4)[C@H](CC[C@@H]12)C3. The van der Waals surface area contributed by atoms with Crippen molar-refractivity contribution in [2.75, 3.05) is 12.4 Å². The van der Waals surface area contributed by atoms with Crippen LogP contribution in [0.1, 0.15) is 63.9 Å². The molecule has 3 aliphatic carbocycles. The van der Waals surface area contributed by atoms with E-state index in [4.69, 9.17) is 11.6 Å². The molecule has 2 bridgehead atoms. The van der Waals surface area contributed by atoms with Crippen molar-refractivity contribution in [1.82, 2.24) is 10.2 Å². The Kier molecular flexibility index (Phi) is 6.33. The minimum absolute atomic E-state index is 0.0422. The number of urea groups is 1. The maximum Gasteiger partial charge on any atom is 0.417 e. The van der Waals surface area contributed by atoms with Crippen LogP contribution in [-0.2, 0) is 11.0 Å². The van der Waals surface area contributed by atoms with Gasteiger partial charge in [0, 0.05) is 30.2 Å². The standard InChI is InChI=1S/C27H33ClF3N3O2/c1-25-11-3-12-26-13-10-23(35)34(2)22(26)9-4-16(15-26)18(25)6-8-21(25)33-24(36)32-17-5-7-20(28)19(14-17)27(29,30)31/h5,7,10,13-14,16,18,21-22H,3-4,6,8-9,11-12,15H2,1-2H3,(H2,32,33,36)/t16-,18?,21+,22-,25+,26-/m1/s1. The first kappa shape index (κ1) is 25.4. The molecule has 0 radical (unpaired) electrons. The van der Waals surface area contributed by atoms with Gasteiger partial charge in [-0.15, -0.1) is 0 Å². The van der Waals surface area contributed by atoms with E-state index in [1.165, 1.54) is 6.07 Å². The molecule has 1 unspecified atom stereocenters. The summed E-state index contributed by atoms with van der Waals surface area (Å²) in [6.45, 7) is 2.27. The quantitative estimate of drug-likeness (QED) is 0.457. The number of alkyl halides is 3. The Hall–Kier alpha value is -2.22. The number of hydrogen-bond donors (Lipinski definition) is 2. The van der Waals surface area contributed by atoms with Crippen molar-refractivity contribution in [2.45, 2.75) is 76.6 Å². The van der Waals surface area contributed by atoms with Crippen LogP contribution >= 0.6 is 11.6 Å². The molecule has 4 aliphatic rings. The smallest absolute Gasteiger partial charge is 0.338 e. The van der Waals surface area contributed by atoms with Gasteiger partial charge in [-0.1, -0.05) is 31.0 Å². The van der Waals surface area contributed by atoms with Gasteiger partial charge in [0.25, 0.3) is 0 Å². The van der Waals surface area contributed by atoms with Crippen molar-refractivity contribution in [1.29, 1.82) is 0 Å². The van der Waals surface area contributed by atoms with Crippen molar-refractivity contribution in [2.24, 2.45) is 22.7 Å². The Bertz CT molecular complexity index is 1090. The van der Waals surface area contributed by atoms with E-state index in [9.17, 15) is 22.8 Å². The van der Waals surface area contributed by atoms with E-state index in [1.54, 1.807) is 6.08 Å². The minimum Gasteiger partial charge on any atom is -0.338 e. The second kappa shape index (κ2) is 8.96. The molecule has 9 heteroatoms. The van der Waals surface area contributed by atoms with E-state index >= 15 is 0 Å². The van der Waals surface area contributed by atoms with Crippen molar-refractivity contribution < 1.29 is 22.8 Å². The predicted octanol–water partition coefficient (Wildman–Crippen LogP) is 6.63. The molecule has 6 atom stereocenters. The molecule has 1 aromatic rings. The first-order chi connectivity index (χ1) is 16.9. The summed E-state index contributed by atoms with van der Waals surface area (Å²) < 4.78 is 39.6. The van der Waals surface area contributed by atoms with Gasteiger partial charge >= 0.3 is 12.2 Å². The number of amides is 3. The average molecular weight is 524 g/mol. The molecule has 3 fully saturated rings. The minimum atomic E-state index is -4.59. The van der Waals surface area contributed by atoms with Crippen LogP contribution in [0.25, 0.3) is 0 Å². The molecule has 1 heterocycles. The third-order valence-corrected chi connectivity index (χ3v) is 9.99.